The van der Waals surface area contributed by atoms with Crippen molar-refractivity contribution in [1.82, 2.24) is 10.2 Å². The molecule has 4 nitrogen and oxygen atoms in total. The maximum absolute atomic E-state index is 5.81. The molecule has 1 heterocycles. The summed E-state index contributed by atoms with van der Waals surface area (Å²) in [5.41, 5.74) is 0. The third-order valence-electron chi connectivity index (χ3n) is 3.77. The van der Waals surface area contributed by atoms with Gasteiger partial charge in [-0.2, -0.15) is 0 Å². The Morgan fingerprint density at radius 3 is 2.71 bits per heavy atom. The van der Waals surface area contributed by atoms with Gasteiger partial charge in [0.25, 0.3) is 0 Å². The second-order valence-corrected chi connectivity index (χ2v) is 5.47. The van der Waals surface area contributed by atoms with Crippen molar-refractivity contribution in [3.8, 4) is 11.5 Å². The zero-order valence-corrected chi connectivity index (χ0v) is 13.8. The van der Waals surface area contributed by atoms with E-state index in [1.807, 2.05) is 24.3 Å². The van der Waals surface area contributed by atoms with Crippen LogP contribution < -0.4 is 14.8 Å². The highest BCUT2D eigenvalue weighted by molar-refractivity contribution is 5.85. The SMILES string of the molecule is COc1ccccc1OCCN(C)CC1CCCNC1.Cl. The van der Waals surface area contributed by atoms with Crippen molar-refractivity contribution in [2.45, 2.75) is 12.8 Å². The minimum absolute atomic E-state index is 0. The standard InChI is InChI=1S/C16H26N2O2.ClH/c1-18(13-14-6-5-9-17-12-14)10-11-20-16-8-4-3-7-15(16)19-2;/h3-4,7-8,14,17H,5-6,9-13H2,1-2H3;1H. The second kappa shape index (κ2) is 9.87. The van der Waals surface area contributed by atoms with Gasteiger partial charge in [-0.25, -0.2) is 0 Å². The number of hydrogen-bond acceptors (Lipinski definition) is 4. The Labute approximate surface area is 134 Å². The van der Waals surface area contributed by atoms with Gasteiger partial charge in [0.1, 0.15) is 6.61 Å². The predicted octanol–water partition coefficient (Wildman–Crippen LogP) is 2.43. The molecular formula is C16H27ClN2O2. The van der Waals surface area contributed by atoms with E-state index in [0.29, 0.717) is 6.61 Å². The molecule has 0 radical (unpaired) electrons. The average molecular weight is 315 g/mol. The number of benzene rings is 1. The van der Waals surface area contributed by atoms with Crippen molar-refractivity contribution in [3.63, 3.8) is 0 Å². The van der Waals surface area contributed by atoms with Gasteiger partial charge in [-0.1, -0.05) is 12.1 Å². The van der Waals surface area contributed by atoms with Crippen LogP contribution in [0.15, 0.2) is 24.3 Å². The van der Waals surface area contributed by atoms with Crippen LogP contribution in [0, 0.1) is 5.92 Å². The van der Waals surface area contributed by atoms with Crippen molar-refractivity contribution in [2.75, 3.05) is 46.9 Å². The van der Waals surface area contributed by atoms with E-state index >= 15 is 0 Å². The Balaban J connectivity index is 0.00000220. The van der Waals surface area contributed by atoms with Crippen LogP contribution in [0.3, 0.4) is 0 Å². The van der Waals surface area contributed by atoms with Gasteiger partial charge >= 0.3 is 0 Å². The summed E-state index contributed by atoms with van der Waals surface area (Å²) < 4.78 is 11.1. The molecule has 1 aliphatic heterocycles. The van der Waals surface area contributed by atoms with Gasteiger partial charge in [-0.3, -0.25) is 0 Å². The molecule has 1 fully saturated rings. The lowest BCUT2D eigenvalue weighted by molar-refractivity contribution is 0.197. The average Bonchev–Trinajstić information content (AvgIpc) is 2.49. The molecule has 0 spiro atoms. The lowest BCUT2D eigenvalue weighted by atomic mass is 9.99. The smallest absolute Gasteiger partial charge is 0.161 e. The zero-order valence-electron chi connectivity index (χ0n) is 13.0. The molecule has 1 N–H and O–H groups in total. The molecule has 0 bridgehead atoms. The van der Waals surface area contributed by atoms with E-state index in [0.717, 1.165) is 37.1 Å². The minimum atomic E-state index is 0. The molecule has 0 aliphatic carbocycles. The molecule has 5 heteroatoms. The third-order valence-corrected chi connectivity index (χ3v) is 3.77. The van der Waals surface area contributed by atoms with E-state index in [9.17, 15) is 0 Å². The molecule has 21 heavy (non-hydrogen) atoms. The lowest BCUT2D eigenvalue weighted by Gasteiger charge is -2.27. The summed E-state index contributed by atoms with van der Waals surface area (Å²) in [6.45, 7) is 5.10. The highest BCUT2D eigenvalue weighted by Crippen LogP contribution is 2.25. The Hall–Kier alpha value is -0.970. The summed E-state index contributed by atoms with van der Waals surface area (Å²) in [7, 11) is 3.84. The van der Waals surface area contributed by atoms with Crippen molar-refractivity contribution in [2.24, 2.45) is 5.92 Å². The topological polar surface area (TPSA) is 33.7 Å². The molecule has 0 aromatic heterocycles. The number of halogens is 1. The fraction of sp³-hybridized carbons (Fsp3) is 0.625. The van der Waals surface area contributed by atoms with Crippen molar-refractivity contribution in [1.29, 1.82) is 0 Å². The van der Waals surface area contributed by atoms with Crippen molar-refractivity contribution < 1.29 is 9.47 Å². The quantitative estimate of drug-likeness (QED) is 0.838. The fourth-order valence-electron chi connectivity index (χ4n) is 2.66. The first kappa shape index (κ1) is 18.1. The molecule has 0 amide bonds. The molecule has 1 saturated heterocycles. The Morgan fingerprint density at radius 2 is 2.05 bits per heavy atom. The number of rotatable bonds is 7. The Morgan fingerprint density at radius 1 is 1.29 bits per heavy atom. The lowest BCUT2D eigenvalue weighted by Crippen LogP contribution is -2.38. The van der Waals surface area contributed by atoms with Crippen LogP contribution in [0.25, 0.3) is 0 Å². The van der Waals surface area contributed by atoms with E-state index in [1.165, 1.54) is 19.4 Å². The predicted molar refractivity (Wildman–Crippen MR) is 88.8 cm³/mol. The Bertz CT molecular complexity index is 398. The van der Waals surface area contributed by atoms with Crippen LogP contribution in [0.4, 0.5) is 0 Å². The number of para-hydroxylation sites is 2. The first-order valence-electron chi connectivity index (χ1n) is 7.44. The molecule has 1 aromatic carbocycles. The highest BCUT2D eigenvalue weighted by Gasteiger charge is 2.14. The van der Waals surface area contributed by atoms with E-state index in [1.54, 1.807) is 7.11 Å². The number of likely N-dealkylation sites (N-methyl/N-ethyl adjacent to an activating group) is 1. The van der Waals surface area contributed by atoms with E-state index in [-0.39, 0.29) is 12.4 Å². The second-order valence-electron chi connectivity index (χ2n) is 5.47. The van der Waals surface area contributed by atoms with Crippen molar-refractivity contribution in [3.05, 3.63) is 24.3 Å². The van der Waals surface area contributed by atoms with Gasteiger partial charge in [0, 0.05) is 13.1 Å². The number of hydrogen-bond donors (Lipinski definition) is 1. The van der Waals surface area contributed by atoms with Gasteiger partial charge in [0.15, 0.2) is 11.5 Å². The van der Waals surface area contributed by atoms with Gasteiger partial charge in [0.05, 0.1) is 7.11 Å². The van der Waals surface area contributed by atoms with E-state index in [2.05, 4.69) is 17.3 Å². The van der Waals surface area contributed by atoms with Crippen LogP contribution in [0.5, 0.6) is 11.5 Å². The summed E-state index contributed by atoms with van der Waals surface area (Å²) in [6.07, 6.45) is 2.64. The molecule has 0 saturated carbocycles. The largest absolute Gasteiger partial charge is 0.493 e. The molecule has 2 rings (SSSR count). The number of piperidine rings is 1. The van der Waals surface area contributed by atoms with Crippen LogP contribution in [0.2, 0.25) is 0 Å². The maximum atomic E-state index is 5.81. The molecular weight excluding hydrogens is 288 g/mol. The summed E-state index contributed by atoms with van der Waals surface area (Å²) in [5, 5.41) is 3.46. The van der Waals surface area contributed by atoms with E-state index < -0.39 is 0 Å². The number of methoxy groups -OCH3 is 1. The van der Waals surface area contributed by atoms with Crippen LogP contribution in [0.1, 0.15) is 12.8 Å². The maximum Gasteiger partial charge on any atom is 0.161 e. The first-order chi connectivity index (χ1) is 9.79. The summed E-state index contributed by atoms with van der Waals surface area (Å²) >= 11 is 0. The first-order valence-corrected chi connectivity index (χ1v) is 7.44. The van der Waals surface area contributed by atoms with Crippen LogP contribution in [-0.4, -0.2) is 51.8 Å². The molecule has 1 atom stereocenters. The Kier molecular flexibility index (Phi) is 8.50. The highest BCUT2D eigenvalue weighted by atomic mass is 35.5. The summed E-state index contributed by atoms with van der Waals surface area (Å²) in [4.78, 5) is 2.35. The van der Waals surface area contributed by atoms with Gasteiger partial charge in [-0.15, -0.1) is 12.4 Å². The molecule has 1 aliphatic rings. The zero-order chi connectivity index (χ0) is 14.2. The number of nitrogens with zero attached hydrogens (tertiary/aromatic N) is 1. The van der Waals surface area contributed by atoms with Gasteiger partial charge < -0.3 is 19.7 Å². The van der Waals surface area contributed by atoms with Gasteiger partial charge in [0.2, 0.25) is 0 Å². The van der Waals surface area contributed by atoms with Crippen LogP contribution in [-0.2, 0) is 0 Å². The molecule has 1 aromatic rings. The third kappa shape index (κ3) is 6.12. The monoisotopic (exact) mass is 314 g/mol. The van der Waals surface area contributed by atoms with Gasteiger partial charge in [-0.05, 0) is 51.0 Å². The summed E-state index contributed by atoms with van der Waals surface area (Å²) in [6, 6.07) is 7.79. The fourth-order valence-corrected chi connectivity index (χ4v) is 2.66. The normalized spacial score (nSPS) is 18.1. The number of nitrogens with one attached hydrogen (secondary N) is 1. The molecule has 120 valence electrons. The minimum Gasteiger partial charge on any atom is -0.493 e. The van der Waals surface area contributed by atoms with Crippen LogP contribution >= 0.6 is 12.4 Å². The van der Waals surface area contributed by atoms with Crippen molar-refractivity contribution >= 4 is 12.4 Å². The van der Waals surface area contributed by atoms with E-state index in [4.69, 9.17) is 9.47 Å². The number of ether oxygens (including phenoxy) is 2. The molecule has 1 unspecified atom stereocenters. The summed E-state index contributed by atoms with van der Waals surface area (Å²) in [5.74, 6) is 2.40.